The molecule has 0 bridgehead atoms. The van der Waals surface area contributed by atoms with Gasteiger partial charge in [-0.3, -0.25) is 0 Å². The third-order valence-electron chi connectivity index (χ3n) is 2.03. The summed E-state index contributed by atoms with van der Waals surface area (Å²) in [6.45, 7) is 3.35. The molecule has 2 aromatic rings. The van der Waals surface area contributed by atoms with Gasteiger partial charge in [-0.1, -0.05) is 0 Å². The Balaban J connectivity index is 1.80. The van der Waals surface area contributed by atoms with Crippen LogP contribution < -0.4 is 5.32 Å². The number of rotatable bonds is 4. The monoisotopic (exact) mass is 203 g/mol. The molecule has 0 amide bonds. The molecule has 0 atom stereocenters. The molecule has 1 N–H and O–H groups in total. The van der Waals surface area contributed by atoms with E-state index in [0.717, 1.165) is 17.2 Å². The van der Waals surface area contributed by atoms with Crippen molar-refractivity contribution in [1.29, 1.82) is 0 Å². The summed E-state index contributed by atoms with van der Waals surface area (Å²) >= 11 is 0. The van der Waals surface area contributed by atoms with Gasteiger partial charge in [-0.25, -0.2) is 0 Å². The number of furan rings is 1. The molecule has 2 heterocycles. The molecule has 2 rings (SSSR count). The van der Waals surface area contributed by atoms with E-state index < -0.39 is 0 Å². The molecule has 0 radical (unpaired) electrons. The van der Waals surface area contributed by atoms with Gasteiger partial charge in [0, 0.05) is 12.7 Å². The van der Waals surface area contributed by atoms with Crippen LogP contribution in [0.1, 0.15) is 17.2 Å². The quantitative estimate of drug-likeness (QED) is 0.821. The molecule has 0 unspecified atom stereocenters. The van der Waals surface area contributed by atoms with Crippen LogP contribution in [0.2, 0.25) is 0 Å². The Kier molecular flexibility index (Phi) is 3.09. The number of hydrogen-bond donors (Lipinski definition) is 1. The first kappa shape index (κ1) is 9.86. The van der Waals surface area contributed by atoms with Crippen molar-refractivity contribution in [2.75, 3.05) is 0 Å². The van der Waals surface area contributed by atoms with E-state index in [4.69, 9.17) is 4.42 Å². The van der Waals surface area contributed by atoms with E-state index in [0.29, 0.717) is 13.1 Å². The van der Waals surface area contributed by atoms with Crippen molar-refractivity contribution in [1.82, 2.24) is 15.5 Å². The van der Waals surface area contributed by atoms with Gasteiger partial charge in [0.05, 0.1) is 12.2 Å². The average molecular weight is 203 g/mol. The standard InChI is InChI=1S/C11H13N3O/c1-9-4-5-11(15-9)8-12-7-10-3-2-6-13-14-10/h2-6,12H,7-8H2,1H3. The maximum atomic E-state index is 5.42. The zero-order valence-electron chi connectivity index (χ0n) is 8.60. The molecule has 0 saturated heterocycles. The van der Waals surface area contributed by atoms with Gasteiger partial charge in [-0.05, 0) is 31.2 Å². The minimum absolute atomic E-state index is 0.702. The lowest BCUT2D eigenvalue weighted by Crippen LogP contribution is -2.13. The van der Waals surface area contributed by atoms with Crippen LogP contribution in [0, 0.1) is 6.92 Å². The van der Waals surface area contributed by atoms with E-state index in [1.807, 2.05) is 31.2 Å². The van der Waals surface area contributed by atoms with Gasteiger partial charge < -0.3 is 9.73 Å². The fourth-order valence-electron chi connectivity index (χ4n) is 1.32. The van der Waals surface area contributed by atoms with Crippen LogP contribution in [-0.4, -0.2) is 10.2 Å². The Bertz CT molecular complexity index is 411. The molecule has 4 heteroatoms. The first-order chi connectivity index (χ1) is 7.34. The van der Waals surface area contributed by atoms with E-state index in [2.05, 4.69) is 15.5 Å². The second kappa shape index (κ2) is 4.70. The third kappa shape index (κ3) is 2.89. The van der Waals surface area contributed by atoms with Crippen molar-refractivity contribution in [2.24, 2.45) is 0 Å². The predicted molar refractivity (Wildman–Crippen MR) is 56.0 cm³/mol. The highest BCUT2D eigenvalue weighted by molar-refractivity contribution is 5.05. The Labute approximate surface area is 88.3 Å². The molecule has 0 aliphatic carbocycles. The van der Waals surface area contributed by atoms with Crippen molar-refractivity contribution >= 4 is 0 Å². The molecule has 2 aromatic heterocycles. The van der Waals surface area contributed by atoms with Crippen molar-refractivity contribution < 1.29 is 4.42 Å². The fraction of sp³-hybridized carbons (Fsp3) is 0.273. The third-order valence-corrected chi connectivity index (χ3v) is 2.03. The Morgan fingerprint density at radius 3 is 2.87 bits per heavy atom. The minimum atomic E-state index is 0.702. The van der Waals surface area contributed by atoms with Crippen molar-refractivity contribution in [2.45, 2.75) is 20.0 Å². The Morgan fingerprint density at radius 1 is 1.27 bits per heavy atom. The van der Waals surface area contributed by atoms with Crippen LogP contribution in [-0.2, 0) is 13.1 Å². The van der Waals surface area contributed by atoms with E-state index in [-0.39, 0.29) is 0 Å². The number of hydrogen-bond acceptors (Lipinski definition) is 4. The van der Waals surface area contributed by atoms with Gasteiger partial charge in [-0.2, -0.15) is 10.2 Å². The summed E-state index contributed by atoms with van der Waals surface area (Å²) in [5, 5.41) is 11.0. The molecule has 0 fully saturated rings. The minimum Gasteiger partial charge on any atom is -0.465 e. The molecule has 0 saturated carbocycles. The van der Waals surface area contributed by atoms with Crippen LogP contribution in [0.3, 0.4) is 0 Å². The lowest BCUT2D eigenvalue weighted by atomic mass is 10.3. The molecular formula is C11H13N3O. The molecule has 4 nitrogen and oxygen atoms in total. The topological polar surface area (TPSA) is 51.0 Å². The summed E-state index contributed by atoms with van der Waals surface area (Å²) in [6.07, 6.45) is 1.67. The van der Waals surface area contributed by atoms with Gasteiger partial charge in [0.1, 0.15) is 11.5 Å². The highest BCUT2D eigenvalue weighted by atomic mass is 16.3. The first-order valence-electron chi connectivity index (χ1n) is 4.87. The van der Waals surface area contributed by atoms with E-state index >= 15 is 0 Å². The van der Waals surface area contributed by atoms with Gasteiger partial charge in [0.2, 0.25) is 0 Å². The lowest BCUT2D eigenvalue weighted by Gasteiger charge is -2.00. The summed E-state index contributed by atoms with van der Waals surface area (Å²) < 4.78 is 5.42. The highest BCUT2D eigenvalue weighted by Crippen LogP contribution is 2.05. The lowest BCUT2D eigenvalue weighted by molar-refractivity contribution is 0.460. The van der Waals surface area contributed by atoms with Gasteiger partial charge in [-0.15, -0.1) is 0 Å². The number of aromatic nitrogens is 2. The van der Waals surface area contributed by atoms with Gasteiger partial charge in [0.15, 0.2) is 0 Å². The van der Waals surface area contributed by atoms with E-state index in [1.54, 1.807) is 6.20 Å². The number of nitrogens with zero attached hydrogens (tertiary/aromatic N) is 2. The predicted octanol–water partition coefficient (Wildman–Crippen LogP) is 1.67. The maximum Gasteiger partial charge on any atom is 0.117 e. The second-order valence-electron chi connectivity index (χ2n) is 3.33. The molecule has 0 spiro atoms. The zero-order valence-corrected chi connectivity index (χ0v) is 8.60. The normalized spacial score (nSPS) is 10.5. The van der Waals surface area contributed by atoms with Crippen LogP contribution in [0.5, 0.6) is 0 Å². The first-order valence-corrected chi connectivity index (χ1v) is 4.87. The summed E-state index contributed by atoms with van der Waals surface area (Å²) in [6, 6.07) is 7.74. The van der Waals surface area contributed by atoms with E-state index in [1.165, 1.54) is 0 Å². The molecule has 0 aromatic carbocycles. The largest absolute Gasteiger partial charge is 0.465 e. The summed E-state index contributed by atoms with van der Waals surface area (Å²) in [5.74, 6) is 1.88. The van der Waals surface area contributed by atoms with Crippen molar-refractivity contribution in [3.05, 3.63) is 47.7 Å². The maximum absolute atomic E-state index is 5.42. The number of nitrogens with one attached hydrogen (secondary N) is 1. The molecule has 78 valence electrons. The Hall–Kier alpha value is -1.68. The molecule has 0 aliphatic rings. The summed E-state index contributed by atoms with van der Waals surface area (Å²) in [7, 11) is 0. The SMILES string of the molecule is Cc1ccc(CNCc2cccnn2)o1. The van der Waals surface area contributed by atoms with Gasteiger partial charge in [0.25, 0.3) is 0 Å². The molecular weight excluding hydrogens is 190 g/mol. The summed E-state index contributed by atoms with van der Waals surface area (Å²) in [4.78, 5) is 0. The fourth-order valence-corrected chi connectivity index (χ4v) is 1.32. The van der Waals surface area contributed by atoms with Crippen molar-refractivity contribution in [3.8, 4) is 0 Å². The van der Waals surface area contributed by atoms with Crippen LogP contribution in [0.15, 0.2) is 34.9 Å². The second-order valence-corrected chi connectivity index (χ2v) is 3.33. The van der Waals surface area contributed by atoms with Crippen LogP contribution >= 0.6 is 0 Å². The van der Waals surface area contributed by atoms with Gasteiger partial charge >= 0.3 is 0 Å². The smallest absolute Gasteiger partial charge is 0.117 e. The van der Waals surface area contributed by atoms with Crippen molar-refractivity contribution in [3.63, 3.8) is 0 Å². The summed E-state index contributed by atoms with van der Waals surface area (Å²) in [5.41, 5.74) is 0.931. The Morgan fingerprint density at radius 2 is 2.20 bits per heavy atom. The molecule has 15 heavy (non-hydrogen) atoms. The van der Waals surface area contributed by atoms with E-state index in [9.17, 15) is 0 Å². The molecule has 0 aliphatic heterocycles. The zero-order chi connectivity index (χ0) is 10.5. The highest BCUT2D eigenvalue weighted by Gasteiger charge is 1.98. The van der Waals surface area contributed by atoms with Crippen LogP contribution in [0.4, 0.5) is 0 Å². The average Bonchev–Trinajstić information content (AvgIpc) is 2.66. The number of aryl methyl sites for hydroxylation is 1. The van der Waals surface area contributed by atoms with Crippen LogP contribution in [0.25, 0.3) is 0 Å².